The highest BCUT2D eigenvalue weighted by molar-refractivity contribution is 5.71. The maximum Gasteiger partial charge on any atom is 0.306 e. The van der Waals surface area contributed by atoms with Crippen molar-refractivity contribution in [2.45, 2.75) is 232 Å². The fourth-order valence-electron chi connectivity index (χ4n) is 7.30. The van der Waals surface area contributed by atoms with E-state index in [4.69, 9.17) is 14.2 Å². The van der Waals surface area contributed by atoms with Gasteiger partial charge in [-0.1, -0.05) is 223 Å². The Kier molecular flexibility index (Phi) is 57.0. The molecular formula is C69H106O6. The van der Waals surface area contributed by atoms with Gasteiger partial charge in [-0.15, -0.1) is 0 Å². The predicted octanol–water partition coefficient (Wildman–Crippen LogP) is 20.3. The second kappa shape index (κ2) is 61.3. The van der Waals surface area contributed by atoms with E-state index in [1.807, 2.05) is 0 Å². The number of ether oxygens (including phenoxy) is 3. The molecule has 0 amide bonds. The smallest absolute Gasteiger partial charge is 0.306 e. The van der Waals surface area contributed by atoms with Crippen LogP contribution in [-0.4, -0.2) is 37.2 Å². The van der Waals surface area contributed by atoms with E-state index >= 15 is 0 Å². The first kappa shape index (κ1) is 69.8. The molecule has 0 aliphatic carbocycles. The van der Waals surface area contributed by atoms with Crippen molar-refractivity contribution in [1.82, 2.24) is 0 Å². The Bertz CT molecular complexity index is 1750. The number of hydrogen-bond acceptors (Lipinski definition) is 6. The summed E-state index contributed by atoms with van der Waals surface area (Å²) in [5.74, 6) is -1.03. The van der Waals surface area contributed by atoms with Crippen LogP contribution in [0.15, 0.2) is 170 Å². The molecule has 0 saturated carbocycles. The van der Waals surface area contributed by atoms with E-state index in [9.17, 15) is 14.4 Å². The minimum Gasteiger partial charge on any atom is -0.462 e. The predicted molar refractivity (Wildman–Crippen MR) is 325 cm³/mol. The summed E-state index contributed by atoms with van der Waals surface area (Å²) in [7, 11) is 0. The third-order valence-corrected chi connectivity index (χ3v) is 11.7. The molecule has 0 bridgehead atoms. The van der Waals surface area contributed by atoms with Gasteiger partial charge in [0.05, 0.1) is 0 Å². The van der Waals surface area contributed by atoms with E-state index in [-0.39, 0.29) is 44.0 Å². The van der Waals surface area contributed by atoms with E-state index in [2.05, 4.69) is 191 Å². The van der Waals surface area contributed by atoms with Gasteiger partial charge in [0.1, 0.15) is 13.2 Å². The van der Waals surface area contributed by atoms with Gasteiger partial charge in [-0.2, -0.15) is 0 Å². The molecule has 0 N–H and O–H groups in total. The van der Waals surface area contributed by atoms with E-state index in [0.29, 0.717) is 19.3 Å². The monoisotopic (exact) mass is 1030 g/mol. The molecule has 0 rings (SSSR count). The van der Waals surface area contributed by atoms with Crippen molar-refractivity contribution in [2.24, 2.45) is 0 Å². The van der Waals surface area contributed by atoms with Gasteiger partial charge in [0.15, 0.2) is 6.10 Å². The van der Waals surface area contributed by atoms with Crippen molar-refractivity contribution in [3.8, 4) is 0 Å². The lowest BCUT2D eigenvalue weighted by molar-refractivity contribution is -0.167. The molecule has 0 fully saturated rings. The molecule has 1 unspecified atom stereocenters. The van der Waals surface area contributed by atoms with Crippen LogP contribution in [0, 0.1) is 0 Å². The van der Waals surface area contributed by atoms with E-state index in [1.165, 1.54) is 25.7 Å². The number of carbonyl (C=O) groups is 3. The van der Waals surface area contributed by atoms with Gasteiger partial charge in [-0.05, 0) is 154 Å². The summed E-state index contributed by atoms with van der Waals surface area (Å²) in [4.78, 5) is 38.2. The highest BCUT2D eigenvalue weighted by Gasteiger charge is 2.19. The average Bonchev–Trinajstić information content (AvgIpc) is 3.41. The Balaban J connectivity index is 4.53. The second-order valence-corrected chi connectivity index (χ2v) is 18.8. The van der Waals surface area contributed by atoms with Crippen molar-refractivity contribution in [3.63, 3.8) is 0 Å². The molecule has 0 aromatic rings. The first-order valence-corrected chi connectivity index (χ1v) is 29.6. The molecule has 6 nitrogen and oxygen atoms in total. The number of esters is 3. The Morgan fingerprint density at radius 2 is 0.520 bits per heavy atom. The van der Waals surface area contributed by atoms with Crippen LogP contribution in [0.4, 0.5) is 0 Å². The van der Waals surface area contributed by atoms with Crippen LogP contribution in [-0.2, 0) is 28.6 Å². The number of hydrogen-bond donors (Lipinski definition) is 0. The summed E-state index contributed by atoms with van der Waals surface area (Å²) in [6.45, 7) is 6.28. The van der Waals surface area contributed by atoms with Crippen LogP contribution in [0.2, 0.25) is 0 Å². The van der Waals surface area contributed by atoms with Gasteiger partial charge in [-0.3, -0.25) is 14.4 Å². The van der Waals surface area contributed by atoms with Gasteiger partial charge >= 0.3 is 17.9 Å². The first-order chi connectivity index (χ1) is 37.0. The summed E-state index contributed by atoms with van der Waals surface area (Å²) < 4.78 is 16.8. The molecule has 418 valence electrons. The normalized spacial score (nSPS) is 13.4. The molecule has 0 radical (unpaired) electrons. The summed E-state index contributed by atoms with van der Waals surface area (Å²) in [6, 6.07) is 0. The topological polar surface area (TPSA) is 78.9 Å². The summed E-state index contributed by atoms with van der Waals surface area (Å²) in [5.41, 5.74) is 0. The second-order valence-electron chi connectivity index (χ2n) is 18.8. The Hall–Kier alpha value is -5.23. The van der Waals surface area contributed by atoms with Gasteiger partial charge < -0.3 is 14.2 Å². The lowest BCUT2D eigenvalue weighted by Gasteiger charge is -2.18. The molecule has 6 heteroatoms. The standard InChI is InChI=1S/C69H106O6/c1-4-7-10-13-16-19-22-25-28-29-30-31-32-33-34-35-36-37-38-39-42-44-47-50-53-56-59-62-68(71)74-65-66(75-69(72)63-60-57-54-51-48-45-41-27-24-21-18-15-12-9-6-3)64-73-67(70)61-58-55-52-49-46-43-40-26-23-20-17-14-11-8-5-2/h7,9-10,12,16-21,25-28,30-31,33-34,36-37,39-42,47-48,50-51,66H,4-6,8,11,13-15,22-24,29,32,35,38,43-46,49,52-65H2,1-3H3/b10-7-,12-9-,19-16-,20-17-,21-18-,28-25-,31-30-,34-33-,37-36-,40-26-,41-27-,42-39-,50-47-,51-48-. The third kappa shape index (κ3) is 59.5. The minimum absolute atomic E-state index is 0.124. The molecule has 0 aliphatic rings. The quantitative estimate of drug-likeness (QED) is 0.0261. The van der Waals surface area contributed by atoms with Crippen molar-refractivity contribution < 1.29 is 28.6 Å². The zero-order chi connectivity index (χ0) is 54.3. The zero-order valence-electron chi connectivity index (χ0n) is 47.7. The fraction of sp³-hybridized carbons (Fsp3) is 0.551. The zero-order valence-corrected chi connectivity index (χ0v) is 47.7. The summed E-state index contributed by atoms with van der Waals surface area (Å²) in [6.07, 6.45) is 90.6. The molecular weight excluding hydrogens is 925 g/mol. The molecule has 0 aliphatic heterocycles. The van der Waals surface area contributed by atoms with Gasteiger partial charge in [0.2, 0.25) is 0 Å². The van der Waals surface area contributed by atoms with Crippen LogP contribution < -0.4 is 0 Å². The molecule has 0 aromatic heterocycles. The van der Waals surface area contributed by atoms with Crippen LogP contribution in [0.1, 0.15) is 226 Å². The minimum atomic E-state index is -0.834. The molecule has 75 heavy (non-hydrogen) atoms. The number of rotatable bonds is 51. The van der Waals surface area contributed by atoms with E-state index in [1.54, 1.807) is 0 Å². The van der Waals surface area contributed by atoms with E-state index in [0.717, 1.165) is 148 Å². The van der Waals surface area contributed by atoms with Gasteiger partial charge in [0, 0.05) is 19.3 Å². The lowest BCUT2D eigenvalue weighted by atomic mass is 10.1. The Labute approximate surface area is 460 Å². The van der Waals surface area contributed by atoms with Crippen LogP contribution >= 0.6 is 0 Å². The molecule has 0 aromatic carbocycles. The number of carbonyl (C=O) groups excluding carboxylic acids is 3. The Morgan fingerprint density at radius 1 is 0.280 bits per heavy atom. The van der Waals surface area contributed by atoms with E-state index < -0.39 is 6.10 Å². The van der Waals surface area contributed by atoms with Gasteiger partial charge in [-0.25, -0.2) is 0 Å². The fourth-order valence-corrected chi connectivity index (χ4v) is 7.30. The van der Waals surface area contributed by atoms with Crippen molar-refractivity contribution in [2.75, 3.05) is 13.2 Å². The largest absolute Gasteiger partial charge is 0.462 e. The summed E-state index contributed by atoms with van der Waals surface area (Å²) >= 11 is 0. The van der Waals surface area contributed by atoms with Crippen LogP contribution in [0.5, 0.6) is 0 Å². The van der Waals surface area contributed by atoms with Crippen molar-refractivity contribution >= 4 is 17.9 Å². The van der Waals surface area contributed by atoms with Crippen LogP contribution in [0.25, 0.3) is 0 Å². The number of unbranched alkanes of at least 4 members (excludes halogenated alkanes) is 12. The first-order valence-electron chi connectivity index (χ1n) is 29.6. The molecule has 0 spiro atoms. The highest BCUT2D eigenvalue weighted by atomic mass is 16.6. The van der Waals surface area contributed by atoms with Crippen molar-refractivity contribution in [1.29, 1.82) is 0 Å². The maximum atomic E-state index is 12.8. The number of allylic oxidation sites excluding steroid dienone is 28. The Morgan fingerprint density at radius 3 is 0.840 bits per heavy atom. The SMILES string of the molecule is CC/C=C\C/C=C\C/C=C\C/C=C\C/C=C\C/C=C\C/C=C\C/C=C\CCCCC(=O)OCC(COC(=O)CCCCCCC/C=C\C/C=C\CCCCC)OC(=O)CCCC/C=C\C/C=C\C/C=C\C/C=C\CC. The highest BCUT2D eigenvalue weighted by Crippen LogP contribution is 2.12. The molecule has 0 heterocycles. The molecule has 0 saturated heterocycles. The maximum absolute atomic E-state index is 12.8. The molecule has 1 atom stereocenters. The van der Waals surface area contributed by atoms with Crippen LogP contribution in [0.3, 0.4) is 0 Å². The summed E-state index contributed by atoms with van der Waals surface area (Å²) in [5, 5.41) is 0. The van der Waals surface area contributed by atoms with Crippen molar-refractivity contribution in [3.05, 3.63) is 170 Å². The average molecular weight is 1030 g/mol. The lowest BCUT2D eigenvalue weighted by Crippen LogP contribution is -2.30. The third-order valence-electron chi connectivity index (χ3n) is 11.7. The van der Waals surface area contributed by atoms with Gasteiger partial charge in [0.25, 0.3) is 0 Å².